The first kappa shape index (κ1) is 18.3. The minimum absolute atomic E-state index is 0.0584. The lowest BCUT2D eigenvalue weighted by molar-refractivity contribution is -0.145. The van der Waals surface area contributed by atoms with E-state index < -0.39 is 23.7 Å². The van der Waals surface area contributed by atoms with Crippen LogP contribution in [0.2, 0.25) is 0 Å². The smallest absolute Gasteiger partial charge is 0.326 e. The van der Waals surface area contributed by atoms with Crippen LogP contribution >= 0.6 is 27.7 Å². The molecule has 0 unspecified atom stereocenters. The van der Waals surface area contributed by atoms with Gasteiger partial charge in [0, 0.05) is 4.47 Å². The van der Waals surface area contributed by atoms with Crippen LogP contribution in [0.25, 0.3) is 6.08 Å². The maximum Gasteiger partial charge on any atom is 0.326 e. The molecule has 0 aliphatic carbocycles. The van der Waals surface area contributed by atoms with E-state index in [2.05, 4.69) is 15.9 Å². The summed E-state index contributed by atoms with van der Waals surface area (Å²) < 4.78 is 10.3. The number of ether oxygens (including phenoxy) is 2. The van der Waals surface area contributed by atoms with Crippen molar-refractivity contribution in [2.45, 2.75) is 6.92 Å². The molecule has 7 nitrogen and oxygen atoms in total. The Morgan fingerprint density at radius 2 is 2.12 bits per heavy atom. The maximum absolute atomic E-state index is 12.3. The molecule has 0 aromatic heterocycles. The van der Waals surface area contributed by atoms with Crippen molar-refractivity contribution in [1.29, 1.82) is 0 Å². The van der Waals surface area contributed by atoms with Crippen LogP contribution in [0.1, 0.15) is 12.5 Å². The van der Waals surface area contributed by atoms with Crippen LogP contribution in [0.15, 0.2) is 21.5 Å². The Morgan fingerprint density at radius 1 is 1.42 bits per heavy atom. The molecule has 0 atom stereocenters. The number of hydrogen-bond donors (Lipinski definition) is 1. The van der Waals surface area contributed by atoms with Crippen LogP contribution in [0, 0.1) is 0 Å². The molecule has 0 bridgehead atoms. The first-order valence-electron chi connectivity index (χ1n) is 6.84. The molecule has 128 valence electrons. The van der Waals surface area contributed by atoms with Crippen molar-refractivity contribution in [3.8, 4) is 11.5 Å². The topological polar surface area (TPSA) is 93.1 Å². The summed E-state index contributed by atoms with van der Waals surface area (Å²) >= 11 is 4.01. The number of esters is 1. The van der Waals surface area contributed by atoms with Gasteiger partial charge in [-0.25, -0.2) is 0 Å². The van der Waals surface area contributed by atoms with Gasteiger partial charge in [-0.1, -0.05) is 15.9 Å². The minimum atomic E-state index is -0.645. The predicted molar refractivity (Wildman–Crippen MR) is 91.7 cm³/mol. The summed E-state index contributed by atoms with van der Waals surface area (Å²) in [5.74, 6) is -1.04. The number of hydrogen-bond acceptors (Lipinski definition) is 7. The zero-order valence-electron chi connectivity index (χ0n) is 12.9. The molecule has 0 spiro atoms. The largest absolute Gasteiger partial charge is 0.504 e. The summed E-state index contributed by atoms with van der Waals surface area (Å²) in [6.07, 6.45) is 1.49. The van der Waals surface area contributed by atoms with E-state index in [1.807, 2.05) is 0 Å². The van der Waals surface area contributed by atoms with Gasteiger partial charge in [-0.3, -0.25) is 19.3 Å². The molecule has 1 saturated heterocycles. The Kier molecular flexibility index (Phi) is 5.89. The van der Waals surface area contributed by atoms with Crippen molar-refractivity contribution in [1.82, 2.24) is 4.90 Å². The molecule has 9 heteroatoms. The standard InChI is InChI=1S/C15H14BrNO6S/c1-3-23-13(19)7-17-14(20)12(24-15(17)21)5-8-4-11(22-2)10(18)6-9(8)16/h4-6,18H,3,7H2,1-2H3. The average molecular weight is 416 g/mol. The van der Waals surface area contributed by atoms with Crippen molar-refractivity contribution in [2.75, 3.05) is 20.3 Å². The van der Waals surface area contributed by atoms with E-state index in [-0.39, 0.29) is 23.0 Å². The highest BCUT2D eigenvalue weighted by molar-refractivity contribution is 9.10. The fourth-order valence-corrected chi connectivity index (χ4v) is 3.22. The number of carbonyl (C=O) groups excluding carboxylic acids is 3. The van der Waals surface area contributed by atoms with Gasteiger partial charge in [-0.2, -0.15) is 0 Å². The van der Waals surface area contributed by atoms with E-state index in [0.717, 1.165) is 16.7 Å². The number of imide groups is 1. The molecule has 1 fully saturated rings. The van der Waals surface area contributed by atoms with Crippen LogP contribution in [0.5, 0.6) is 11.5 Å². The van der Waals surface area contributed by atoms with Crippen molar-refractivity contribution < 1.29 is 29.0 Å². The van der Waals surface area contributed by atoms with Crippen molar-refractivity contribution in [3.05, 3.63) is 27.1 Å². The molecule has 1 aliphatic rings. The summed E-state index contributed by atoms with van der Waals surface area (Å²) in [6.45, 7) is 1.39. The summed E-state index contributed by atoms with van der Waals surface area (Å²) in [5.41, 5.74) is 0.547. The Morgan fingerprint density at radius 3 is 2.75 bits per heavy atom. The first-order valence-corrected chi connectivity index (χ1v) is 8.45. The van der Waals surface area contributed by atoms with Crippen LogP contribution < -0.4 is 4.74 Å². The summed E-state index contributed by atoms with van der Waals surface area (Å²) in [6, 6.07) is 2.95. The fraction of sp³-hybridized carbons (Fsp3) is 0.267. The summed E-state index contributed by atoms with van der Waals surface area (Å²) in [7, 11) is 1.40. The molecule has 1 aliphatic heterocycles. The number of phenolic OH excluding ortho intramolecular Hbond substituents is 1. The van der Waals surface area contributed by atoms with Gasteiger partial charge in [-0.15, -0.1) is 0 Å². The second-order valence-corrected chi connectivity index (χ2v) is 6.47. The van der Waals surface area contributed by atoms with Gasteiger partial charge in [0.2, 0.25) is 0 Å². The van der Waals surface area contributed by atoms with E-state index in [9.17, 15) is 19.5 Å². The number of amides is 2. The lowest BCUT2D eigenvalue weighted by Crippen LogP contribution is -2.34. The maximum atomic E-state index is 12.3. The number of aromatic hydroxyl groups is 1. The van der Waals surface area contributed by atoms with E-state index in [1.54, 1.807) is 6.92 Å². The van der Waals surface area contributed by atoms with Gasteiger partial charge in [0.15, 0.2) is 11.5 Å². The normalized spacial score (nSPS) is 16.0. The molecule has 2 amide bonds. The van der Waals surface area contributed by atoms with Crippen LogP contribution in [0.3, 0.4) is 0 Å². The molecule has 1 aromatic rings. The SMILES string of the molecule is CCOC(=O)CN1C(=O)SC(=Cc2cc(OC)c(O)cc2Br)C1=O. The van der Waals surface area contributed by atoms with Crippen LogP contribution in [0.4, 0.5) is 4.79 Å². The monoisotopic (exact) mass is 415 g/mol. The number of halogens is 1. The molecule has 1 heterocycles. The number of nitrogens with zero attached hydrogens (tertiary/aromatic N) is 1. The average Bonchev–Trinajstić information content (AvgIpc) is 2.78. The molecular weight excluding hydrogens is 402 g/mol. The van der Waals surface area contributed by atoms with Gasteiger partial charge in [-0.05, 0) is 42.5 Å². The molecule has 2 rings (SSSR count). The van der Waals surface area contributed by atoms with E-state index in [0.29, 0.717) is 10.0 Å². The third kappa shape index (κ3) is 3.90. The Hall–Kier alpha value is -2.00. The highest BCUT2D eigenvalue weighted by atomic mass is 79.9. The quantitative estimate of drug-likeness (QED) is 0.583. The molecular formula is C15H14BrNO6S. The first-order chi connectivity index (χ1) is 11.4. The zero-order valence-corrected chi connectivity index (χ0v) is 15.3. The molecule has 1 aromatic carbocycles. The van der Waals surface area contributed by atoms with Crippen molar-refractivity contribution in [2.24, 2.45) is 0 Å². The summed E-state index contributed by atoms with van der Waals surface area (Å²) in [4.78, 5) is 36.7. The number of rotatable bonds is 5. The van der Waals surface area contributed by atoms with E-state index in [4.69, 9.17) is 9.47 Å². The van der Waals surface area contributed by atoms with E-state index >= 15 is 0 Å². The summed E-state index contributed by atoms with van der Waals surface area (Å²) in [5, 5.41) is 9.16. The van der Waals surface area contributed by atoms with Crippen LogP contribution in [-0.4, -0.2) is 47.4 Å². The van der Waals surface area contributed by atoms with E-state index in [1.165, 1.54) is 25.3 Å². The van der Waals surface area contributed by atoms with Gasteiger partial charge >= 0.3 is 5.97 Å². The molecule has 24 heavy (non-hydrogen) atoms. The third-order valence-electron chi connectivity index (χ3n) is 3.05. The lowest BCUT2D eigenvalue weighted by Gasteiger charge is -2.11. The second-order valence-electron chi connectivity index (χ2n) is 4.62. The third-order valence-corrected chi connectivity index (χ3v) is 4.65. The molecule has 0 radical (unpaired) electrons. The van der Waals surface area contributed by atoms with Gasteiger partial charge < -0.3 is 14.6 Å². The predicted octanol–water partition coefficient (Wildman–Crippen LogP) is 2.76. The Balaban J connectivity index is 2.27. The van der Waals surface area contributed by atoms with Gasteiger partial charge in [0.1, 0.15) is 6.54 Å². The van der Waals surface area contributed by atoms with Gasteiger partial charge in [0.05, 0.1) is 18.6 Å². The van der Waals surface area contributed by atoms with Crippen molar-refractivity contribution >= 4 is 50.9 Å². The Labute approximate surface area is 150 Å². The Bertz CT molecular complexity index is 733. The van der Waals surface area contributed by atoms with Gasteiger partial charge in [0.25, 0.3) is 11.1 Å². The lowest BCUT2D eigenvalue weighted by atomic mass is 10.2. The highest BCUT2D eigenvalue weighted by Gasteiger charge is 2.36. The number of benzene rings is 1. The number of methoxy groups -OCH3 is 1. The van der Waals surface area contributed by atoms with Crippen molar-refractivity contribution in [3.63, 3.8) is 0 Å². The van der Waals surface area contributed by atoms with Crippen LogP contribution in [-0.2, 0) is 14.3 Å². The molecule has 0 saturated carbocycles. The number of phenols is 1. The number of carbonyl (C=O) groups is 3. The fourth-order valence-electron chi connectivity index (χ4n) is 1.95. The minimum Gasteiger partial charge on any atom is -0.504 e. The zero-order chi connectivity index (χ0) is 17.9. The number of thioether (sulfide) groups is 1. The second kappa shape index (κ2) is 7.71. The highest BCUT2D eigenvalue weighted by Crippen LogP contribution is 2.37. The molecule has 1 N–H and O–H groups in total.